The summed E-state index contributed by atoms with van der Waals surface area (Å²) >= 11 is 0. The lowest BCUT2D eigenvalue weighted by molar-refractivity contribution is -0.120. The van der Waals surface area contributed by atoms with Crippen LogP contribution in [0.4, 0.5) is 4.79 Å². The monoisotopic (exact) mass is 287 g/mol. The minimum Gasteiger partial charge on any atom is -0.352 e. The number of hydrogen-bond donors (Lipinski definition) is 3. The lowest BCUT2D eigenvalue weighted by Crippen LogP contribution is -2.44. The highest BCUT2D eigenvalue weighted by atomic mass is 16.2. The Bertz CT molecular complexity index is 510. The van der Waals surface area contributed by atoms with Gasteiger partial charge in [0, 0.05) is 6.04 Å². The molecule has 0 bridgehead atoms. The first-order valence-electron chi connectivity index (χ1n) is 7.61. The molecule has 2 saturated carbocycles. The Labute approximate surface area is 124 Å². The minimum atomic E-state index is -0.276. The number of benzene rings is 1. The van der Waals surface area contributed by atoms with Crippen molar-refractivity contribution in [2.45, 2.75) is 37.8 Å². The fourth-order valence-electron chi connectivity index (χ4n) is 2.42. The van der Waals surface area contributed by atoms with Gasteiger partial charge in [0.1, 0.15) is 0 Å². The van der Waals surface area contributed by atoms with E-state index < -0.39 is 0 Å². The van der Waals surface area contributed by atoms with Crippen LogP contribution < -0.4 is 16.0 Å². The third kappa shape index (κ3) is 4.21. The van der Waals surface area contributed by atoms with Crippen LogP contribution in [0.15, 0.2) is 30.3 Å². The third-order valence-electron chi connectivity index (χ3n) is 3.89. The van der Waals surface area contributed by atoms with E-state index in [-0.39, 0.29) is 24.5 Å². The van der Waals surface area contributed by atoms with E-state index in [1.54, 1.807) is 0 Å². The van der Waals surface area contributed by atoms with Crippen molar-refractivity contribution in [1.29, 1.82) is 0 Å². The molecule has 3 N–H and O–H groups in total. The molecule has 5 nitrogen and oxygen atoms in total. The van der Waals surface area contributed by atoms with Gasteiger partial charge in [0.05, 0.1) is 12.6 Å². The number of hydrogen-bond acceptors (Lipinski definition) is 2. The zero-order valence-electron chi connectivity index (χ0n) is 12.0. The number of rotatable bonds is 6. The molecular formula is C16H21N3O2. The molecule has 1 aromatic rings. The average Bonchev–Trinajstić information content (AvgIpc) is 3.37. The Kier molecular flexibility index (Phi) is 4.08. The maximum absolute atomic E-state index is 12.0. The van der Waals surface area contributed by atoms with Gasteiger partial charge in [-0.25, -0.2) is 4.79 Å². The van der Waals surface area contributed by atoms with Gasteiger partial charge in [-0.15, -0.1) is 0 Å². The van der Waals surface area contributed by atoms with Crippen LogP contribution in [-0.4, -0.2) is 24.5 Å². The normalized spacial score (nSPS) is 18.7. The van der Waals surface area contributed by atoms with Gasteiger partial charge < -0.3 is 16.0 Å². The lowest BCUT2D eigenvalue weighted by atomic mass is 10.0. The molecule has 0 aromatic heterocycles. The fraction of sp³-hybridized carbons (Fsp3) is 0.500. The summed E-state index contributed by atoms with van der Waals surface area (Å²) in [4.78, 5) is 23.5. The zero-order chi connectivity index (χ0) is 14.7. The van der Waals surface area contributed by atoms with E-state index in [0.717, 1.165) is 31.2 Å². The molecule has 0 unspecified atom stereocenters. The fourth-order valence-corrected chi connectivity index (χ4v) is 2.42. The molecule has 0 aliphatic heterocycles. The van der Waals surface area contributed by atoms with Crippen LogP contribution in [0.1, 0.15) is 37.3 Å². The van der Waals surface area contributed by atoms with Gasteiger partial charge in [-0.05, 0) is 37.2 Å². The highest BCUT2D eigenvalue weighted by molar-refractivity contribution is 5.84. The second-order valence-corrected chi connectivity index (χ2v) is 5.89. The molecule has 21 heavy (non-hydrogen) atoms. The Balaban J connectivity index is 1.48. The summed E-state index contributed by atoms with van der Waals surface area (Å²) in [5.74, 6) is 0.397. The molecule has 0 saturated heterocycles. The number of urea groups is 1. The van der Waals surface area contributed by atoms with Gasteiger partial charge in [-0.3, -0.25) is 4.79 Å². The van der Waals surface area contributed by atoms with Gasteiger partial charge in [0.2, 0.25) is 5.91 Å². The van der Waals surface area contributed by atoms with E-state index in [0.29, 0.717) is 12.0 Å². The number of carbonyl (C=O) groups excluding carboxylic acids is 2. The van der Waals surface area contributed by atoms with Crippen molar-refractivity contribution in [3.63, 3.8) is 0 Å². The SMILES string of the molecule is O=C(CNC(=O)N[C@H](c1ccccc1)C1CC1)NC1CC1. The highest BCUT2D eigenvalue weighted by Crippen LogP contribution is 2.40. The molecule has 2 fully saturated rings. The summed E-state index contributed by atoms with van der Waals surface area (Å²) in [5.41, 5.74) is 1.12. The number of amides is 3. The van der Waals surface area contributed by atoms with Gasteiger partial charge in [-0.2, -0.15) is 0 Å². The van der Waals surface area contributed by atoms with Crippen LogP contribution in [0.2, 0.25) is 0 Å². The number of carbonyl (C=O) groups is 2. The Morgan fingerprint density at radius 1 is 1.10 bits per heavy atom. The smallest absolute Gasteiger partial charge is 0.315 e. The molecule has 1 aromatic carbocycles. The van der Waals surface area contributed by atoms with E-state index in [4.69, 9.17) is 0 Å². The van der Waals surface area contributed by atoms with Crippen molar-refractivity contribution in [3.05, 3.63) is 35.9 Å². The predicted octanol–water partition coefficient (Wildman–Crippen LogP) is 1.72. The van der Waals surface area contributed by atoms with E-state index in [1.165, 1.54) is 0 Å². The maximum atomic E-state index is 12.0. The average molecular weight is 287 g/mol. The van der Waals surface area contributed by atoms with E-state index >= 15 is 0 Å². The van der Waals surface area contributed by atoms with Crippen molar-refractivity contribution in [2.24, 2.45) is 5.92 Å². The highest BCUT2D eigenvalue weighted by Gasteiger charge is 2.33. The maximum Gasteiger partial charge on any atom is 0.315 e. The second kappa shape index (κ2) is 6.16. The van der Waals surface area contributed by atoms with E-state index in [9.17, 15) is 9.59 Å². The zero-order valence-corrected chi connectivity index (χ0v) is 12.0. The van der Waals surface area contributed by atoms with Crippen LogP contribution in [0.25, 0.3) is 0 Å². The molecule has 0 heterocycles. The van der Waals surface area contributed by atoms with Crippen LogP contribution in [0.5, 0.6) is 0 Å². The second-order valence-electron chi connectivity index (χ2n) is 5.89. The summed E-state index contributed by atoms with van der Waals surface area (Å²) in [5, 5.41) is 8.47. The van der Waals surface area contributed by atoms with Gasteiger partial charge >= 0.3 is 6.03 Å². The summed E-state index contributed by atoms with van der Waals surface area (Å²) < 4.78 is 0. The first kappa shape index (κ1) is 13.9. The van der Waals surface area contributed by atoms with Gasteiger partial charge in [0.15, 0.2) is 0 Å². The molecule has 3 amide bonds. The lowest BCUT2D eigenvalue weighted by Gasteiger charge is -2.19. The Hall–Kier alpha value is -2.04. The quantitative estimate of drug-likeness (QED) is 0.745. The van der Waals surface area contributed by atoms with Crippen LogP contribution in [0.3, 0.4) is 0 Å². The molecular weight excluding hydrogens is 266 g/mol. The molecule has 0 spiro atoms. The summed E-state index contributed by atoms with van der Waals surface area (Å²) in [6.07, 6.45) is 4.38. The van der Waals surface area contributed by atoms with Gasteiger partial charge in [0.25, 0.3) is 0 Å². The molecule has 5 heteroatoms. The molecule has 2 aliphatic rings. The standard InChI is InChI=1S/C16H21N3O2/c20-14(18-13-8-9-13)10-17-16(21)19-15(12-6-7-12)11-4-2-1-3-5-11/h1-5,12-13,15H,6-10H2,(H,18,20)(H2,17,19,21)/t15-/m1/s1. The van der Waals surface area contributed by atoms with Crippen LogP contribution >= 0.6 is 0 Å². The molecule has 1 atom stereocenters. The van der Waals surface area contributed by atoms with Crippen LogP contribution in [-0.2, 0) is 4.79 Å². The number of nitrogens with one attached hydrogen (secondary N) is 3. The largest absolute Gasteiger partial charge is 0.352 e. The van der Waals surface area contributed by atoms with Crippen molar-refractivity contribution in [2.75, 3.05) is 6.54 Å². The van der Waals surface area contributed by atoms with E-state index in [1.807, 2.05) is 30.3 Å². The topological polar surface area (TPSA) is 70.2 Å². The molecule has 112 valence electrons. The van der Waals surface area contributed by atoms with Crippen LogP contribution in [0, 0.1) is 5.92 Å². The van der Waals surface area contributed by atoms with Crippen molar-refractivity contribution >= 4 is 11.9 Å². The summed E-state index contributed by atoms with van der Waals surface area (Å²) in [6.45, 7) is 0.0362. The molecule has 0 radical (unpaired) electrons. The predicted molar refractivity (Wildman–Crippen MR) is 79.6 cm³/mol. The molecule has 2 aliphatic carbocycles. The summed E-state index contributed by atoms with van der Waals surface area (Å²) in [7, 11) is 0. The first-order chi connectivity index (χ1) is 10.2. The Morgan fingerprint density at radius 3 is 2.43 bits per heavy atom. The molecule has 3 rings (SSSR count). The van der Waals surface area contributed by atoms with Crippen molar-refractivity contribution in [3.8, 4) is 0 Å². The van der Waals surface area contributed by atoms with Gasteiger partial charge in [-0.1, -0.05) is 30.3 Å². The third-order valence-corrected chi connectivity index (χ3v) is 3.89. The summed E-state index contributed by atoms with van der Waals surface area (Å²) in [6, 6.07) is 10.1. The Morgan fingerprint density at radius 2 is 1.81 bits per heavy atom. The van der Waals surface area contributed by atoms with Crippen molar-refractivity contribution < 1.29 is 9.59 Å². The first-order valence-corrected chi connectivity index (χ1v) is 7.61. The van der Waals surface area contributed by atoms with E-state index in [2.05, 4.69) is 16.0 Å². The minimum absolute atomic E-state index is 0.0362. The van der Waals surface area contributed by atoms with Crippen molar-refractivity contribution in [1.82, 2.24) is 16.0 Å².